The minimum atomic E-state index is 0.484. The molecular formula is C22H20Cl3NO. The van der Waals surface area contributed by atoms with E-state index in [9.17, 15) is 0 Å². The summed E-state index contributed by atoms with van der Waals surface area (Å²) in [6.07, 6.45) is 0.835. The zero-order valence-electron chi connectivity index (χ0n) is 14.7. The minimum Gasteiger partial charge on any atom is -0.489 e. The standard InChI is InChI=1S/C22H20Cl3NO/c23-19-6-3-4-16(12-19)15-27-22-7-2-1-5-18(22)14-26-11-10-17-8-9-20(24)13-21(17)25/h1-9,12-13,26H,10-11,14-15H2. The summed E-state index contributed by atoms with van der Waals surface area (Å²) < 4.78 is 5.99. The molecule has 0 aromatic heterocycles. The van der Waals surface area contributed by atoms with Gasteiger partial charge in [-0.05, 0) is 54.4 Å². The topological polar surface area (TPSA) is 21.3 Å². The van der Waals surface area contributed by atoms with Crippen molar-refractivity contribution in [3.63, 3.8) is 0 Å². The molecule has 0 aliphatic carbocycles. The first-order chi connectivity index (χ1) is 13.1. The van der Waals surface area contributed by atoms with Crippen molar-refractivity contribution >= 4 is 34.8 Å². The van der Waals surface area contributed by atoms with E-state index in [2.05, 4.69) is 11.4 Å². The molecule has 140 valence electrons. The van der Waals surface area contributed by atoms with Gasteiger partial charge in [-0.25, -0.2) is 0 Å². The zero-order valence-corrected chi connectivity index (χ0v) is 17.0. The van der Waals surface area contributed by atoms with Gasteiger partial charge in [-0.2, -0.15) is 0 Å². The molecule has 3 rings (SSSR count). The SMILES string of the molecule is Clc1cccc(COc2ccccc2CNCCc2ccc(Cl)cc2Cl)c1. The average Bonchev–Trinajstić information content (AvgIpc) is 2.66. The molecule has 5 heteroatoms. The largest absolute Gasteiger partial charge is 0.489 e. The zero-order chi connectivity index (χ0) is 19.1. The molecule has 3 aromatic carbocycles. The van der Waals surface area contributed by atoms with Crippen LogP contribution in [0.4, 0.5) is 0 Å². The summed E-state index contributed by atoms with van der Waals surface area (Å²) in [5.74, 6) is 0.870. The smallest absolute Gasteiger partial charge is 0.124 e. The second kappa shape index (κ2) is 10.0. The van der Waals surface area contributed by atoms with Crippen LogP contribution in [0.1, 0.15) is 16.7 Å². The van der Waals surface area contributed by atoms with Crippen LogP contribution in [0.5, 0.6) is 5.75 Å². The van der Waals surface area contributed by atoms with Crippen LogP contribution < -0.4 is 10.1 Å². The monoisotopic (exact) mass is 419 g/mol. The number of hydrogen-bond donors (Lipinski definition) is 1. The van der Waals surface area contributed by atoms with Gasteiger partial charge in [-0.15, -0.1) is 0 Å². The molecule has 0 atom stereocenters. The van der Waals surface area contributed by atoms with Crippen LogP contribution in [0.2, 0.25) is 15.1 Å². The molecule has 0 amide bonds. The maximum atomic E-state index is 6.22. The molecule has 0 unspecified atom stereocenters. The lowest BCUT2D eigenvalue weighted by Gasteiger charge is -2.13. The van der Waals surface area contributed by atoms with E-state index in [0.717, 1.165) is 42.0 Å². The van der Waals surface area contributed by atoms with Crippen LogP contribution in [0.15, 0.2) is 66.7 Å². The fraction of sp³-hybridized carbons (Fsp3) is 0.182. The van der Waals surface area contributed by atoms with Crippen molar-refractivity contribution in [2.75, 3.05) is 6.54 Å². The molecule has 0 aliphatic rings. The Balaban J connectivity index is 1.53. The summed E-state index contributed by atoms with van der Waals surface area (Å²) in [7, 11) is 0. The highest BCUT2D eigenvalue weighted by Gasteiger charge is 2.05. The molecule has 0 saturated heterocycles. The van der Waals surface area contributed by atoms with Crippen molar-refractivity contribution in [1.82, 2.24) is 5.32 Å². The normalized spacial score (nSPS) is 10.8. The van der Waals surface area contributed by atoms with Gasteiger partial charge >= 0.3 is 0 Å². The highest BCUT2D eigenvalue weighted by atomic mass is 35.5. The lowest BCUT2D eigenvalue weighted by atomic mass is 10.1. The molecule has 0 bridgehead atoms. The van der Waals surface area contributed by atoms with Gasteiger partial charge in [0.15, 0.2) is 0 Å². The summed E-state index contributed by atoms with van der Waals surface area (Å²) in [6, 6.07) is 21.3. The quantitative estimate of drug-likeness (QED) is 0.417. The number of halogens is 3. The van der Waals surface area contributed by atoms with Crippen molar-refractivity contribution < 1.29 is 4.74 Å². The second-order valence-electron chi connectivity index (χ2n) is 6.19. The Labute approximate surface area is 175 Å². The van der Waals surface area contributed by atoms with Gasteiger partial charge < -0.3 is 10.1 Å². The Hall–Kier alpha value is -1.71. The Morgan fingerprint density at radius 1 is 0.778 bits per heavy atom. The predicted octanol–water partition coefficient (Wildman–Crippen LogP) is 6.56. The van der Waals surface area contributed by atoms with Crippen LogP contribution in [0.3, 0.4) is 0 Å². The van der Waals surface area contributed by atoms with Gasteiger partial charge in [-0.1, -0.05) is 71.2 Å². The van der Waals surface area contributed by atoms with Crippen LogP contribution in [0, 0.1) is 0 Å². The number of nitrogens with one attached hydrogen (secondary N) is 1. The molecule has 0 aliphatic heterocycles. The van der Waals surface area contributed by atoms with Crippen molar-refractivity contribution in [3.05, 3.63) is 98.5 Å². The highest BCUT2D eigenvalue weighted by Crippen LogP contribution is 2.22. The van der Waals surface area contributed by atoms with E-state index in [1.54, 1.807) is 6.07 Å². The summed E-state index contributed by atoms with van der Waals surface area (Å²) in [5, 5.41) is 5.52. The molecule has 0 fully saturated rings. The first-order valence-electron chi connectivity index (χ1n) is 8.71. The molecule has 0 saturated carbocycles. The second-order valence-corrected chi connectivity index (χ2v) is 7.47. The number of rotatable bonds is 8. The molecule has 27 heavy (non-hydrogen) atoms. The molecular weight excluding hydrogens is 401 g/mol. The van der Waals surface area contributed by atoms with Gasteiger partial charge in [0, 0.05) is 27.2 Å². The predicted molar refractivity (Wildman–Crippen MR) is 114 cm³/mol. The lowest BCUT2D eigenvalue weighted by Crippen LogP contribution is -2.17. The van der Waals surface area contributed by atoms with E-state index in [0.29, 0.717) is 21.7 Å². The molecule has 1 N–H and O–H groups in total. The van der Waals surface area contributed by atoms with Gasteiger partial charge in [0.1, 0.15) is 12.4 Å². The summed E-state index contributed by atoms with van der Waals surface area (Å²) in [6.45, 7) is 2.01. The maximum absolute atomic E-state index is 6.22. The number of ether oxygens (including phenoxy) is 1. The fourth-order valence-electron chi connectivity index (χ4n) is 2.75. The van der Waals surface area contributed by atoms with Crippen molar-refractivity contribution in [2.45, 2.75) is 19.6 Å². The third-order valence-corrected chi connectivity index (χ3v) is 4.98. The van der Waals surface area contributed by atoms with Gasteiger partial charge in [0.05, 0.1) is 0 Å². The maximum Gasteiger partial charge on any atom is 0.124 e. The van der Waals surface area contributed by atoms with Crippen LogP contribution in [-0.4, -0.2) is 6.54 Å². The number of para-hydroxylation sites is 1. The molecule has 0 heterocycles. The van der Waals surface area contributed by atoms with E-state index in [1.807, 2.05) is 54.6 Å². The van der Waals surface area contributed by atoms with Crippen molar-refractivity contribution in [1.29, 1.82) is 0 Å². The molecule has 0 radical (unpaired) electrons. The third kappa shape index (κ3) is 6.15. The number of hydrogen-bond acceptors (Lipinski definition) is 2. The van der Waals surface area contributed by atoms with Crippen molar-refractivity contribution in [3.8, 4) is 5.75 Å². The van der Waals surface area contributed by atoms with E-state index >= 15 is 0 Å². The van der Waals surface area contributed by atoms with E-state index in [1.165, 1.54) is 0 Å². The summed E-state index contributed by atoms with van der Waals surface area (Å²) in [5.41, 5.74) is 3.24. The van der Waals surface area contributed by atoms with Gasteiger partial charge in [-0.3, -0.25) is 0 Å². The molecule has 3 aromatic rings. The summed E-state index contributed by atoms with van der Waals surface area (Å²) in [4.78, 5) is 0. The van der Waals surface area contributed by atoms with Gasteiger partial charge in [0.2, 0.25) is 0 Å². The van der Waals surface area contributed by atoms with Crippen LogP contribution in [0.25, 0.3) is 0 Å². The Kier molecular flexibility index (Phi) is 7.42. The van der Waals surface area contributed by atoms with Crippen LogP contribution >= 0.6 is 34.8 Å². The van der Waals surface area contributed by atoms with E-state index in [-0.39, 0.29) is 0 Å². The van der Waals surface area contributed by atoms with E-state index < -0.39 is 0 Å². The Bertz CT molecular complexity index is 898. The number of benzene rings is 3. The van der Waals surface area contributed by atoms with E-state index in [4.69, 9.17) is 39.5 Å². The molecule has 2 nitrogen and oxygen atoms in total. The third-order valence-electron chi connectivity index (χ3n) is 4.16. The first-order valence-corrected chi connectivity index (χ1v) is 9.85. The lowest BCUT2D eigenvalue weighted by molar-refractivity contribution is 0.302. The minimum absolute atomic E-state index is 0.484. The average molecular weight is 421 g/mol. The Morgan fingerprint density at radius 2 is 1.59 bits per heavy atom. The highest BCUT2D eigenvalue weighted by molar-refractivity contribution is 6.35. The van der Waals surface area contributed by atoms with Crippen molar-refractivity contribution in [2.24, 2.45) is 0 Å². The molecule has 0 spiro atoms. The Morgan fingerprint density at radius 3 is 2.41 bits per heavy atom. The first kappa shape index (κ1) is 20.0. The fourth-order valence-corrected chi connectivity index (χ4v) is 3.46. The van der Waals surface area contributed by atoms with Crippen LogP contribution in [-0.2, 0) is 19.6 Å². The summed E-state index contributed by atoms with van der Waals surface area (Å²) >= 11 is 18.2. The van der Waals surface area contributed by atoms with Gasteiger partial charge in [0.25, 0.3) is 0 Å².